The van der Waals surface area contributed by atoms with Gasteiger partial charge in [-0.1, -0.05) is 23.7 Å². The Morgan fingerprint density at radius 2 is 1.71 bits per heavy atom. The number of nitrogens with zero attached hydrogens (tertiary/aromatic N) is 1. The van der Waals surface area contributed by atoms with Crippen LogP contribution in [-0.4, -0.2) is 36.9 Å². The number of carbonyl (C=O) groups is 1. The van der Waals surface area contributed by atoms with E-state index >= 15 is 0 Å². The molecular weight excluding hydrogens is 465 g/mol. The van der Waals surface area contributed by atoms with Crippen molar-refractivity contribution in [2.75, 3.05) is 7.05 Å². The Bertz CT molecular complexity index is 822. The standard InChI is InChI=1S/C16H15ClINO4S/c1-19(24(22,23)14-8-4-12(17)5-9-14)15(16(20)21)10-11-2-6-13(18)7-3-11/h2-9,15H,10H2,1H3,(H,20,21)/t15-/m0/s1. The van der Waals surface area contributed by atoms with E-state index in [1.54, 1.807) is 12.1 Å². The number of carboxylic acid groups (broad SMARTS) is 1. The second kappa shape index (κ2) is 7.81. The average Bonchev–Trinajstić information content (AvgIpc) is 2.53. The van der Waals surface area contributed by atoms with Crippen LogP contribution >= 0.6 is 34.2 Å². The molecule has 128 valence electrons. The molecule has 0 aliphatic carbocycles. The van der Waals surface area contributed by atoms with Gasteiger partial charge in [0.05, 0.1) is 4.90 Å². The largest absolute Gasteiger partial charge is 0.480 e. The van der Waals surface area contributed by atoms with Gasteiger partial charge in [0, 0.05) is 15.6 Å². The Balaban J connectivity index is 2.31. The van der Waals surface area contributed by atoms with Crippen molar-refractivity contribution in [1.82, 2.24) is 4.31 Å². The normalized spacial score (nSPS) is 13.0. The van der Waals surface area contributed by atoms with E-state index in [0.717, 1.165) is 13.4 Å². The van der Waals surface area contributed by atoms with Gasteiger partial charge in [0.2, 0.25) is 10.0 Å². The van der Waals surface area contributed by atoms with Gasteiger partial charge in [-0.2, -0.15) is 4.31 Å². The highest BCUT2D eigenvalue weighted by atomic mass is 127. The Hall–Kier alpha value is -1.16. The molecule has 0 spiro atoms. The number of likely N-dealkylation sites (N-methyl/N-ethyl adjacent to an activating group) is 1. The van der Waals surface area contributed by atoms with Crippen LogP contribution in [0.1, 0.15) is 5.56 Å². The fourth-order valence-corrected chi connectivity index (χ4v) is 3.95. The summed E-state index contributed by atoms with van der Waals surface area (Å²) in [5.74, 6) is -1.20. The SMILES string of the molecule is CN([C@@H](Cc1ccc(I)cc1)C(=O)O)S(=O)(=O)c1ccc(Cl)cc1. The smallest absolute Gasteiger partial charge is 0.322 e. The molecule has 24 heavy (non-hydrogen) atoms. The summed E-state index contributed by atoms with van der Waals surface area (Å²) in [6.07, 6.45) is 0.0789. The van der Waals surface area contributed by atoms with Crippen molar-refractivity contribution in [3.8, 4) is 0 Å². The van der Waals surface area contributed by atoms with E-state index in [1.165, 1.54) is 31.3 Å². The predicted octanol–water partition coefficient (Wildman–Crippen LogP) is 3.26. The van der Waals surface area contributed by atoms with Crippen LogP contribution in [0.25, 0.3) is 0 Å². The van der Waals surface area contributed by atoms with E-state index in [9.17, 15) is 18.3 Å². The number of hydrogen-bond donors (Lipinski definition) is 1. The van der Waals surface area contributed by atoms with Crippen LogP contribution < -0.4 is 0 Å². The highest BCUT2D eigenvalue weighted by molar-refractivity contribution is 14.1. The minimum Gasteiger partial charge on any atom is -0.480 e. The number of carboxylic acids is 1. The first-order chi connectivity index (χ1) is 11.2. The summed E-state index contributed by atoms with van der Waals surface area (Å²) in [6.45, 7) is 0. The van der Waals surface area contributed by atoms with E-state index in [-0.39, 0.29) is 11.3 Å². The van der Waals surface area contributed by atoms with Crippen molar-refractivity contribution in [3.63, 3.8) is 0 Å². The number of aliphatic carboxylic acids is 1. The van der Waals surface area contributed by atoms with E-state index in [1.807, 2.05) is 12.1 Å². The van der Waals surface area contributed by atoms with Gasteiger partial charge in [-0.25, -0.2) is 8.42 Å². The second-order valence-corrected chi connectivity index (χ2v) is 8.84. The van der Waals surface area contributed by atoms with Crippen LogP contribution in [0.2, 0.25) is 5.02 Å². The van der Waals surface area contributed by atoms with Crippen LogP contribution in [0.3, 0.4) is 0 Å². The Morgan fingerprint density at radius 1 is 1.17 bits per heavy atom. The molecule has 0 heterocycles. The highest BCUT2D eigenvalue weighted by Gasteiger charge is 2.32. The predicted molar refractivity (Wildman–Crippen MR) is 101 cm³/mol. The molecular formula is C16H15ClINO4S. The van der Waals surface area contributed by atoms with Gasteiger partial charge in [0.15, 0.2) is 0 Å². The van der Waals surface area contributed by atoms with Crippen LogP contribution in [-0.2, 0) is 21.2 Å². The Labute approximate surface area is 159 Å². The molecule has 2 aromatic rings. The molecule has 0 radical (unpaired) electrons. The zero-order valence-corrected chi connectivity index (χ0v) is 16.4. The summed E-state index contributed by atoms with van der Waals surface area (Å²) < 4.78 is 27.2. The van der Waals surface area contributed by atoms with Gasteiger partial charge in [-0.3, -0.25) is 4.79 Å². The number of rotatable bonds is 6. The van der Waals surface area contributed by atoms with Gasteiger partial charge in [0.1, 0.15) is 6.04 Å². The lowest BCUT2D eigenvalue weighted by atomic mass is 10.1. The third-order valence-electron chi connectivity index (χ3n) is 3.56. The number of benzene rings is 2. The molecule has 0 saturated carbocycles. The van der Waals surface area contributed by atoms with E-state index in [0.29, 0.717) is 5.02 Å². The van der Waals surface area contributed by atoms with Crippen molar-refractivity contribution < 1.29 is 18.3 Å². The molecule has 0 unspecified atom stereocenters. The molecule has 0 bridgehead atoms. The second-order valence-electron chi connectivity index (χ2n) is 5.16. The number of hydrogen-bond acceptors (Lipinski definition) is 3. The molecule has 1 N–H and O–H groups in total. The number of halogens is 2. The van der Waals surface area contributed by atoms with Gasteiger partial charge in [-0.15, -0.1) is 0 Å². The summed E-state index contributed by atoms with van der Waals surface area (Å²) in [5, 5.41) is 9.89. The lowest BCUT2D eigenvalue weighted by molar-refractivity contribution is -0.141. The molecule has 0 aromatic heterocycles. The van der Waals surface area contributed by atoms with E-state index < -0.39 is 22.0 Å². The van der Waals surface area contributed by atoms with Crippen molar-refractivity contribution in [1.29, 1.82) is 0 Å². The maximum absolute atomic E-state index is 12.7. The zero-order valence-electron chi connectivity index (χ0n) is 12.7. The summed E-state index contributed by atoms with van der Waals surface area (Å²) in [7, 11) is -2.66. The van der Waals surface area contributed by atoms with E-state index in [2.05, 4.69) is 22.6 Å². The fourth-order valence-electron chi connectivity index (χ4n) is 2.16. The molecule has 5 nitrogen and oxygen atoms in total. The maximum atomic E-state index is 12.7. The first-order valence-electron chi connectivity index (χ1n) is 6.92. The highest BCUT2D eigenvalue weighted by Crippen LogP contribution is 2.21. The van der Waals surface area contributed by atoms with Crippen LogP contribution in [0.15, 0.2) is 53.4 Å². The summed E-state index contributed by atoms with van der Waals surface area (Å²) in [6, 6.07) is 11.7. The van der Waals surface area contributed by atoms with Crippen molar-refractivity contribution in [2.45, 2.75) is 17.4 Å². The molecule has 0 saturated heterocycles. The lowest BCUT2D eigenvalue weighted by Gasteiger charge is -2.24. The van der Waals surface area contributed by atoms with Crippen molar-refractivity contribution >= 4 is 50.2 Å². The van der Waals surface area contributed by atoms with Crippen LogP contribution in [0, 0.1) is 3.57 Å². The molecule has 8 heteroatoms. The lowest BCUT2D eigenvalue weighted by Crippen LogP contribution is -2.43. The number of sulfonamides is 1. The molecule has 0 aliphatic rings. The molecule has 2 aromatic carbocycles. The minimum absolute atomic E-state index is 0.00302. The Kier molecular flexibility index (Phi) is 6.24. The molecule has 1 atom stereocenters. The minimum atomic E-state index is -3.94. The molecule has 0 amide bonds. The van der Waals surface area contributed by atoms with Crippen LogP contribution in [0.4, 0.5) is 0 Å². The van der Waals surface area contributed by atoms with E-state index in [4.69, 9.17) is 11.6 Å². The van der Waals surface area contributed by atoms with Crippen molar-refractivity contribution in [2.24, 2.45) is 0 Å². The molecule has 0 aliphatic heterocycles. The molecule has 2 rings (SSSR count). The monoisotopic (exact) mass is 479 g/mol. The zero-order chi connectivity index (χ0) is 17.9. The average molecular weight is 480 g/mol. The Morgan fingerprint density at radius 3 is 2.21 bits per heavy atom. The maximum Gasteiger partial charge on any atom is 0.322 e. The first kappa shape index (κ1) is 19.2. The van der Waals surface area contributed by atoms with Crippen LogP contribution in [0.5, 0.6) is 0 Å². The van der Waals surface area contributed by atoms with Gasteiger partial charge >= 0.3 is 5.97 Å². The summed E-state index contributed by atoms with van der Waals surface area (Å²) in [5.41, 5.74) is 0.751. The van der Waals surface area contributed by atoms with Gasteiger partial charge in [0.25, 0.3) is 0 Å². The van der Waals surface area contributed by atoms with Crippen molar-refractivity contribution in [3.05, 3.63) is 62.7 Å². The summed E-state index contributed by atoms with van der Waals surface area (Å²) >= 11 is 7.92. The molecule has 0 fully saturated rings. The fraction of sp³-hybridized carbons (Fsp3) is 0.188. The third kappa shape index (κ3) is 4.47. The van der Waals surface area contributed by atoms with Gasteiger partial charge in [-0.05, 0) is 71.0 Å². The summed E-state index contributed by atoms with van der Waals surface area (Å²) in [4.78, 5) is 11.6. The van der Waals surface area contributed by atoms with Gasteiger partial charge < -0.3 is 5.11 Å². The third-order valence-corrected chi connectivity index (χ3v) is 6.41. The topological polar surface area (TPSA) is 74.7 Å². The quantitative estimate of drug-likeness (QED) is 0.646. The first-order valence-corrected chi connectivity index (χ1v) is 9.82.